The summed E-state index contributed by atoms with van der Waals surface area (Å²) in [5.41, 5.74) is 7.44. The van der Waals surface area contributed by atoms with Gasteiger partial charge in [-0.2, -0.15) is 0 Å². The molecule has 0 bridgehead atoms. The molecule has 0 spiro atoms. The van der Waals surface area contributed by atoms with Crippen molar-refractivity contribution in [1.29, 1.82) is 0 Å². The molecule has 0 radical (unpaired) electrons. The highest BCUT2D eigenvalue weighted by Crippen LogP contribution is 2.16. The van der Waals surface area contributed by atoms with Gasteiger partial charge >= 0.3 is 0 Å². The fourth-order valence-electron chi connectivity index (χ4n) is 1.67. The van der Waals surface area contributed by atoms with Crippen LogP contribution in [0, 0.1) is 0 Å². The Labute approximate surface area is 103 Å². The van der Waals surface area contributed by atoms with Gasteiger partial charge in [-0.1, -0.05) is 6.92 Å². The van der Waals surface area contributed by atoms with Crippen LogP contribution in [-0.2, 0) is 17.3 Å². The third-order valence-electron chi connectivity index (χ3n) is 2.86. The molecule has 0 aliphatic carbocycles. The minimum Gasteiger partial charge on any atom is -0.369 e. The maximum Gasteiger partial charge on any atom is 0.202 e. The average molecular weight is 252 g/mol. The van der Waals surface area contributed by atoms with E-state index in [9.17, 15) is 4.21 Å². The van der Waals surface area contributed by atoms with Gasteiger partial charge in [0.1, 0.15) is 5.52 Å². The Hall–Kier alpha value is -1.43. The highest BCUT2D eigenvalue weighted by molar-refractivity contribution is 7.84. The summed E-state index contributed by atoms with van der Waals surface area (Å²) in [4.78, 5) is 8.51. The Morgan fingerprint density at radius 1 is 1.59 bits per heavy atom. The first-order chi connectivity index (χ1) is 8.09. The zero-order chi connectivity index (χ0) is 12.4. The van der Waals surface area contributed by atoms with Crippen LogP contribution in [0.5, 0.6) is 0 Å². The zero-order valence-corrected chi connectivity index (χ0v) is 10.8. The van der Waals surface area contributed by atoms with Crippen LogP contribution >= 0.6 is 0 Å². The monoisotopic (exact) mass is 252 g/mol. The lowest BCUT2D eigenvalue weighted by atomic mass is 10.3. The molecule has 0 aliphatic rings. The van der Waals surface area contributed by atoms with Crippen LogP contribution < -0.4 is 5.73 Å². The summed E-state index contributed by atoms with van der Waals surface area (Å²) in [5.74, 6) is 0.466. The fourth-order valence-corrected chi connectivity index (χ4v) is 2.11. The summed E-state index contributed by atoms with van der Waals surface area (Å²) in [6.45, 7) is 2.67. The second kappa shape index (κ2) is 4.83. The minimum absolute atomic E-state index is 0.149. The van der Waals surface area contributed by atoms with Gasteiger partial charge in [-0.25, -0.2) is 9.97 Å². The molecule has 0 aliphatic heterocycles. The number of fused-ring (bicyclic) bond motifs is 1. The van der Waals surface area contributed by atoms with Crippen molar-refractivity contribution in [3.63, 3.8) is 0 Å². The second-order valence-electron chi connectivity index (χ2n) is 4.07. The Balaban J connectivity index is 2.23. The van der Waals surface area contributed by atoms with Gasteiger partial charge in [-0.15, -0.1) is 0 Å². The van der Waals surface area contributed by atoms with E-state index in [2.05, 4.69) is 9.97 Å². The first-order valence-electron chi connectivity index (χ1n) is 5.48. The number of rotatable bonds is 4. The lowest BCUT2D eigenvalue weighted by Crippen LogP contribution is -2.14. The van der Waals surface area contributed by atoms with Crippen molar-refractivity contribution < 1.29 is 4.21 Å². The molecule has 0 fully saturated rings. The Kier molecular flexibility index (Phi) is 3.42. The van der Waals surface area contributed by atoms with Crippen molar-refractivity contribution in [3.05, 3.63) is 18.3 Å². The molecule has 2 unspecified atom stereocenters. The minimum atomic E-state index is -0.807. The van der Waals surface area contributed by atoms with Gasteiger partial charge in [-0.05, 0) is 18.6 Å². The number of nitrogens with two attached hydrogens (primary N) is 1. The standard InChI is InChI=1S/C11H16N4OS/c1-8(17(2)16)5-7-15-10-9(14-11(15)12)4-3-6-13-10/h3-4,6,8H,5,7H2,1-2H3,(H2,12,14). The van der Waals surface area contributed by atoms with Crippen molar-refractivity contribution in [2.45, 2.75) is 25.1 Å². The number of aryl methyl sites for hydroxylation is 1. The normalized spacial score (nSPS) is 14.9. The molecule has 5 nitrogen and oxygen atoms in total. The molecule has 0 saturated carbocycles. The molecule has 2 aromatic rings. The molecule has 0 aromatic carbocycles. The van der Waals surface area contributed by atoms with Crippen LogP contribution in [-0.4, -0.2) is 30.2 Å². The second-order valence-corrected chi connectivity index (χ2v) is 5.87. The number of imidazole rings is 1. The van der Waals surface area contributed by atoms with Gasteiger partial charge in [-0.3, -0.25) is 8.78 Å². The van der Waals surface area contributed by atoms with Gasteiger partial charge in [0.15, 0.2) is 5.65 Å². The highest BCUT2D eigenvalue weighted by Gasteiger charge is 2.11. The number of pyridine rings is 1. The van der Waals surface area contributed by atoms with Crippen molar-refractivity contribution in [1.82, 2.24) is 14.5 Å². The number of nitrogen functional groups attached to an aromatic ring is 1. The van der Waals surface area contributed by atoms with Crippen molar-refractivity contribution in [2.24, 2.45) is 0 Å². The third-order valence-corrected chi connectivity index (χ3v) is 4.23. The predicted octanol–water partition coefficient (Wildman–Crippen LogP) is 1.17. The summed E-state index contributed by atoms with van der Waals surface area (Å²) in [5, 5.41) is 0.149. The van der Waals surface area contributed by atoms with Crippen molar-refractivity contribution in [2.75, 3.05) is 12.0 Å². The van der Waals surface area contributed by atoms with E-state index in [0.717, 1.165) is 17.6 Å². The molecule has 0 amide bonds. The molecule has 6 heteroatoms. The third kappa shape index (κ3) is 2.46. The maximum absolute atomic E-state index is 11.3. The zero-order valence-electron chi connectivity index (χ0n) is 9.96. The Morgan fingerprint density at radius 3 is 3.06 bits per heavy atom. The molecule has 2 heterocycles. The summed E-state index contributed by atoms with van der Waals surface area (Å²) >= 11 is 0. The van der Waals surface area contributed by atoms with E-state index < -0.39 is 10.8 Å². The smallest absolute Gasteiger partial charge is 0.202 e. The molecule has 2 N–H and O–H groups in total. The topological polar surface area (TPSA) is 73.8 Å². The number of anilines is 1. The summed E-state index contributed by atoms with van der Waals surface area (Å²) in [6.07, 6.45) is 4.25. The molecule has 2 rings (SSSR count). The van der Waals surface area contributed by atoms with Crippen molar-refractivity contribution >= 4 is 27.9 Å². The maximum atomic E-state index is 11.3. The summed E-state index contributed by atoms with van der Waals surface area (Å²) < 4.78 is 13.2. The van der Waals surface area contributed by atoms with Gasteiger partial charge in [0, 0.05) is 35.0 Å². The van der Waals surface area contributed by atoms with Crippen LogP contribution in [0.3, 0.4) is 0 Å². The van der Waals surface area contributed by atoms with E-state index >= 15 is 0 Å². The number of nitrogens with zero attached hydrogens (tertiary/aromatic N) is 3. The van der Waals surface area contributed by atoms with E-state index in [-0.39, 0.29) is 5.25 Å². The Morgan fingerprint density at radius 2 is 2.35 bits per heavy atom. The van der Waals surface area contributed by atoms with Gasteiger partial charge in [0.25, 0.3) is 0 Å². The quantitative estimate of drug-likeness (QED) is 0.886. The predicted molar refractivity (Wildman–Crippen MR) is 70.1 cm³/mol. The van der Waals surface area contributed by atoms with E-state index in [1.165, 1.54) is 0 Å². The van der Waals surface area contributed by atoms with Gasteiger partial charge in [0.05, 0.1) is 0 Å². The molecule has 0 saturated heterocycles. The van der Waals surface area contributed by atoms with Gasteiger partial charge < -0.3 is 5.73 Å². The van der Waals surface area contributed by atoms with E-state index in [1.54, 1.807) is 12.5 Å². The highest BCUT2D eigenvalue weighted by atomic mass is 32.2. The SMILES string of the molecule is CC(CCn1c(N)nc2cccnc21)S(C)=O. The van der Waals surface area contributed by atoms with E-state index in [0.29, 0.717) is 12.5 Å². The molecular weight excluding hydrogens is 236 g/mol. The van der Waals surface area contributed by atoms with Gasteiger partial charge in [0.2, 0.25) is 5.95 Å². The number of hydrogen-bond acceptors (Lipinski definition) is 4. The van der Waals surface area contributed by atoms with Crippen LogP contribution in [0.25, 0.3) is 11.2 Å². The molecular formula is C11H16N4OS. The van der Waals surface area contributed by atoms with Crippen LogP contribution in [0.1, 0.15) is 13.3 Å². The van der Waals surface area contributed by atoms with Crippen LogP contribution in [0.15, 0.2) is 18.3 Å². The molecule has 2 atom stereocenters. The summed E-state index contributed by atoms with van der Waals surface area (Å²) in [7, 11) is -0.807. The number of aromatic nitrogens is 3. The lowest BCUT2D eigenvalue weighted by molar-refractivity contribution is 0.631. The Bertz CT molecular complexity index is 551. The van der Waals surface area contributed by atoms with Crippen LogP contribution in [0.4, 0.5) is 5.95 Å². The first-order valence-corrected chi connectivity index (χ1v) is 7.10. The molecule has 17 heavy (non-hydrogen) atoms. The van der Waals surface area contributed by atoms with Crippen molar-refractivity contribution in [3.8, 4) is 0 Å². The number of hydrogen-bond donors (Lipinski definition) is 1. The van der Waals surface area contributed by atoms with Crippen LogP contribution in [0.2, 0.25) is 0 Å². The molecule has 92 valence electrons. The van der Waals surface area contributed by atoms with E-state index in [1.807, 2.05) is 23.6 Å². The lowest BCUT2D eigenvalue weighted by Gasteiger charge is -2.09. The largest absolute Gasteiger partial charge is 0.369 e. The average Bonchev–Trinajstić information content (AvgIpc) is 2.61. The molecule has 2 aromatic heterocycles. The summed E-state index contributed by atoms with van der Waals surface area (Å²) in [6, 6.07) is 3.72. The first kappa shape index (κ1) is 12.0. The van der Waals surface area contributed by atoms with E-state index in [4.69, 9.17) is 5.73 Å². The fraction of sp³-hybridized carbons (Fsp3) is 0.455.